The molecular weight excluding hydrogens is 332 g/mol. The third-order valence-electron chi connectivity index (χ3n) is 3.31. The quantitative estimate of drug-likeness (QED) is 0.316. The molecule has 1 unspecified atom stereocenters. The van der Waals surface area contributed by atoms with Crippen molar-refractivity contribution in [1.82, 2.24) is 5.32 Å². The topological polar surface area (TPSA) is 161 Å². The van der Waals surface area contributed by atoms with Crippen LogP contribution >= 0.6 is 0 Å². The van der Waals surface area contributed by atoms with Crippen LogP contribution in [0.4, 0.5) is 17.1 Å². The number of furan rings is 1. The molecule has 25 heavy (non-hydrogen) atoms. The molecule has 0 radical (unpaired) electrons. The maximum Gasteiger partial charge on any atom is 0.321 e. The van der Waals surface area contributed by atoms with Crippen molar-refractivity contribution < 1.29 is 24.0 Å². The van der Waals surface area contributed by atoms with Gasteiger partial charge < -0.3 is 20.6 Å². The predicted octanol–water partition coefficient (Wildman–Crippen LogP) is 1.34. The number of carboxylic acid groups (broad SMARTS) is 1. The standard InChI is InChI=1S/C15H16N4O6/c16-11-4-3-9(19(23)24)6-12(11)18-14(20)7-13(15(21)22)17-8-10-2-1-5-25-10/h1-6,13,17H,7-8,16H2,(H,18,20)(H,21,22). The van der Waals surface area contributed by atoms with Crippen molar-refractivity contribution in [2.24, 2.45) is 0 Å². The number of anilines is 2. The van der Waals surface area contributed by atoms with Gasteiger partial charge in [-0.3, -0.25) is 25.0 Å². The molecule has 0 saturated carbocycles. The van der Waals surface area contributed by atoms with Gasteiger partial charge in [-0.2, -0.15) is 0 Å². The van der Waals surface area contributed by atoms with Gasteiger partial charge in [-0.25, -0.2) is 0 Å². The number of nitrogens with zero attached hydrogens (tertiary/aromatic N) is 1. The molecule has 0 saturated heterocycles. The molecule has 0 aliphatic carbocycles. The van der Waals surface area contributed by atoms with E-state index in [0.717, 1.165) is 6.07 Å². The number of nitrogens with one attached hydrogen (secondary N) is 2. The van der Waals surface area contributed by atoms with Gasteiger partial charge in [-0.05, 0) is 18.2 Å². The maximum atomic E-state index is 12.1. The van der Waals surface area contributed by atoms with Crippen LogP contribution in [0, 0.1) is 10.1 Å². The second-order valence-electron chi connectivity index (χ2n) is 5.13. The van der Waals surface area contributed by atoms with Gasteiger partial charge in [-0.15, -0.1) is 0 Å². The number of nitrogens with two attached hydrogens (primary N) is 1. The highest BCUT2D eigenvalue weighted by molar-refractivity contribution is 5.96. The SMILES string of the molecule is Nc1ccc([N+](=O)[O-])cc1NC(=O)CC(NCc1ccco1)C(=O)O. The number of aliphatic carboxylic acids is 1. The Bertz CT molecular complexity index is 774. The van der Waals surface area contributed by atoms with Gasteiger partial charge in [0.1, 0.15) is 11.8 Å². The van der Waals surface area contributed by atoms with E-state index >= 15 is 0 Å². The summed E-state index contributed by atoms with van der Waals surface area (Å²) in [6.07, 6.45) is 1.06. The number of nitro benzene ring substituents is 1. The molecule has 10 heteroatoms. The Labute approximate surface area is 141 Å². The number of nitro groups is 1. The molecular formula is C15H16N4O6. The number of carbonyl (C=O) groups excluding carboxylic acids is 1. The molecule has 132 valence electrons. The summed E-state index contributed by atoms with van der Waals surface area (Å²) in [6, 6.07) is 5.76. The second-order valence-corrected chi connectivity index (χ2v) is 5.13. The Morgan fingerprint density at radius 2 is 2.12 bits per heavy atom. The fourth-order valence-corrected chi connectivity index (χ4v) is 2.04. The van der Waals surface area contributed by atoms with Crippen LogP contribution in [0.25, 0.3) is 0 Å². The molecule has 0 aliphatic rings. The molecule has 5 N–H and O–H groups in total. The van der Waals surface area contributed by atoms with Gasteiger partial charge in [0.15, 0.2) is 0 Å². The number of benzene rings is 1. The molecule has 2 aromatic rings. The number of amides is 1. The van der Waals surface area contributed by atoms with Crippen LogP contribution in [-0.2, 0) is 16.1 Å². The van der Waals surface area contributed by atoms with Gasteiger partial charge in [0.25, 0.3) is 5.69 Å². The normalized spacial score (nSPS) is 11.7. The van der Waals surface area contributed by atoms with Crippen LogP contribution in [0.15, 0.2) is 41.0 Å². The van der Waals surface area contributed by atoms with Gasteiger partial charge in [-0.1, -0.05) is 0 Å². The van der Waals surface area contributed by atoms with E-state index in [4.69, 9.17) is 10.2 Å². The number of hydrogen-bond donors (Lipinski definition) is 4. The van der Waals surface area contributed by atoms with E-state index in [1.807, 2.05) is 0 Å². The van der Waals surface area contributed by atoms with Gasteiger partial charge in [0, 0.05) is 12.1 Å². The maximum absolute atomic E-state index is 12.1. The fourth-order valence-electron chi connectivity index (χ4n) is 2.04. The number of rotatable bonds is 8. The highest BCUT2D eigenvalue weighted by Crippen LogP contribution is 2.24. The summed E-state index contributed by atoms with van der Waals surface area (Å²) in [5, 5.41) is 25.0. The highest BCUT2D eigenvalue weighted by Gasteiger charge is 2.22. The van der Waals surface area contributed by atoms with E-state index in [0.29, 0.717) is 5.76 Å². The molecule has 0 aliphatic heterocycles. The van der Waals surface area contributed by atoms with Crippen LogP contribution in [0.3, 0.4) is 0 Å². The molecule has 0 spiro atoms. The zero-order chi connectivity index (χ0) is 18.4. The van der Waals surface area contributed by atoms with Crippen LogP contribution in [0.5, 0.6) is 0 Å². The number of hydrogen-bond acceptors (Lipinski definition) is 7. The first-order valence-corrected chi connectivity index (χ1v) is 7.19. The summed E-state index contributed by atoms with van der Waals surface area (Å²) in [4.78, 5) is 33.5. The van der Waals surface area contributed by atoms with Gasteiger partial charge >= 0.3 is 5.97 Å². The lowest BCUT2D eigenvalue weighted by molar-refractivity contribution is -0.384. The summed E-state index contributed by atoms with van der Waals surface area (Å²) in [5.41, 5.74) is 5.61. The Kier molecular flexibility index (Phi) is 5.69. The summed E-state index contributed by atoms with van der Waals surface area (Å²) in [5.74, 6) is -1.34. The van der Waals surface area contributed by atoms with Gasteiger partial charge in [0.2, 0.25) is 5.91 Å². The first-order valence-electron chi connectivity index (χ1n) is 7.19. The van der Waals surface area contributed by atoms with Crippen LogP contribution < -0.4 is 16.4 Å². The molecule has 1 aromatic carbocycles. The predicted molar refractivity (Wildman–Crippen MR) is 87.7 cm³/mol. The van der Waals surface area contributed by atoms with Crippen molar-refractivity contribution in [2.75, 3.05) is 11.1 Å². The van der Waals surface area contributed by atoms with Crippen molar-refractivity contribution in [3.63, 3.8) is 0 Å². The summed E-state index contributed by atoms with van der Waals surface area (Å²) >= 11 is 0. The minimum atomic E-state index is -1.21. The van der Waals surface area contributed by atoms with Crippen LogP contribution in [0.2, 0.25) is 0 Å². The molecule has 2 rings (SSSR count). The van der Waals surface area contributed by atoms with E-state index in [2.05, 4.69) is 10.6 Å². The Balaban J connectivity index is 2.00. The van der Waals surface area contributed by atoms with Crippen LogP contribution in [-0.4, -0.2) is 27.9 Å². The Hall–Kier alpha value is -3.40. The number of carboxylic acids is 1. The van der Waals surface area contributed by atoms with Crippen molar-refractivity contribution >= 4 is 28.9 Å². The molecule has 0 fully saturated rings. The monoisotopic (exact) mass is 348 g/mol. The van der Waals surface area contributed by atoms with E-state index in [-0.39, 0.29) is 23.6 Å². The summed E-state index contributed by atoms with van der Waals surface area (Å²) in [7, 11) is 0. The Morgan fingerprint density at radius 1 is 1.36 bits per heavy atom. The molecule has 1 aromatic heterocycles. The van der Waals surface area contributed by atoms with E-state index in [1.165, 1.54) is 18.4 Å². The first-order chi connectivity index (χ1) is 11.9. The van der Waals surface area contributed by atoms with Gasteiger partial charge in [0.05, 0.1) is 35.5 Å². The number of nitrogen functional groups attached to an aromatic ring is 1. The molecule has 1 amide bonds. The lowest BCUT2D eigenvalue weighted by Gasteiger charge is -2.14. The molecule has 1 heterocycles. The lowest BCUT2D eigenvalue weighted by atomic mass is 10.1. The van der Waals surface area contributed by atoms with E-state index in [9.17, 15) is 24.8 Å². The first kappa shape index (κ1) is 17.9. The number of non-ortho nitro benzene ring substituents is 1. The van der Waals surface area contributed by atoms with E-state index < -0.39 is 29.3 Å². The second kappa shape index (κ2) is 7.93. The largest absolute Gasteiger partial charge is 0.480 e. The minimum Gasteiger partial charge on any atom is -0.480 e. The average Bonchev–Trinajstić information content (AvgIpc) is 3.06. The molecule has 1 atom stereocenters. The third kappa shape index (κ3) is 5.04. The smallest absolute Gasteiger partial charge is 0.321 e. The minimum absolute atomic E-state index is 0.0503. The molecule has 0 bridgehead atoms. The molecule has 10 nitrogen and oxygen atoms in total. The number of carbonyl (C=O) groups is 2. The zero-order valence-electron chi connectivity index (χ0n) is 13.0. The Morgan fingerprint density at radius 3 is 2.72 bits per heavy atom. The van der Waals surface area contributed by atoms with Crippen molar-refractivity contribution in [2.45, 2.75) is 19.0 Å². The van der Waals surface area contributed by atoms with Crippen molar-refractivity contribution in [1.29, 1.82) is 0 Å². The third-order valence-corrected chi connectivity index (χ3v) is 3.31. The van der Waals surface area contributed by atoms with Crippen molar-refractivity contribution in [3.8, 4) is 0 Å². The lowest BCUT2D eigenvalue weighted by Crippen LogP contribution is -2.39. The summed E-state index contributed by atoms with van der Waals surface area (Å²) in [6.45, 7) is 0.135. The zero-order valence-corrected chi connectivity index (χ0v) is 13.0. The fraction of sp³-hybridized carbons (Fsp3) is 0.200. The van der Waals surface area contributed by atoms with Crippen molar-refractivity contribution in [3.05, 3.63) is 52.5 Å². The average molecular weight is 348 g/mol. The summed E-state index contributed by atoms with van der Waals surface area (Å²) < 4.78 is 5.08. The van der Waals surface area contributed by atoms with E-state index in [1.54, 1.807) is 12.1 Å². The van der Waals surface area contributed by atoms with Crippen LogP contribution in [0.1, 0.15) is 12.2 Å². The highest BCUT2D eigenvalue weighted by atomic mass is 16.6.